The summed E-state index contributed by atoms with van der Waals surface area (Å²) in [6.45, 7) is 0. The van der Waals surface area contributed by atoms with Crippen LogP contribution >= 0.6 is 0 Å². The Morgan fingerprint density at radius 1 is 0.567 bits per heavy atom. The van der Waals surface area contributed by atoms with Crippen LogP contribution in [-0.4, -0.2) is 33.4 Å². The molecular weight excluding hydrogens is 378 g/mol. The minimum absolute atomic E-state index is 0.658. The lowest BCUT2D eigenvalue weighted by molar-refractivity contribution is 0.355. The molecule has 3 aromatic carbocycles. The Morgan fingerprint density at radius 2 is 1.20 bits per heavy atom. The van der Waals surface area contributed by atoms with Gasteiger partial charge in [0.15, 0.2) is 23.0 Å². The summed E-state index contributed by atoms with van der Waals surface area (Å²) in [6.07, 6.45) is 0. The zero-order valence-corrected chi connectivity index (χ0v) is 17.4. The zero-order chi connectivity index (χ0) is 21.1. The largest absolute Gasteiger partial charge is 0.493 e. The van der Waals surface area contributed by atoms with Gasteiger partial charge in [-0.3, -0.25) is 0 Å². The van der Waals surface area contributed by atoms with Crippen molar-refractivity contribution in [2.75, 3.05) is 28.4 Å². The lowest BCUT2D eigenvalue weighted by Gasteiger charge is -2.15. The molecule has 0 bridgehead atoms. The molecule has 5 nitrogen and oxygen atoms in total. The predicted molar refractivity (Wildman–Crippen MR) is 119 cm³/mol. The molecule has 0 N–H and O–H groups in total. The lowest BCUT2D eigenvalue weighted by atomic mass is 10.00. The van der Waals surface area contributed by atoms with Crippen LogP contribution in [0, 0.1) is 0 Å². The number of aromatic nitrogens is 1. The number of hydrogen-bond acceptors (Lipinski definition) is 5. The average molecular weight is 401 g/mol. The second kappa shape index (κ2) is 8.33. The standard InChI is InChI=1S/C25H23NO4/c1-27-21-11-10-17(13-22(21)28-2)20-12-18-14-23(29-3)24(30-4)15-19(18)25(26-20)16-8-6-5-7-9-16/h5-15H,1-4H3. The van der Waals surface area contributed by atoms with Crippen LogP contribution in [0.5, 0.6) is 23.0 Å². The third-order valence-electron chi connectivity index (χ3n) is 5.06. The van der Waals surface area contributed by atoms with Crippen molar-refractivity contribution in [2.24, 2.45) is 0 Å². The van der Waals surface area contributed by atoms with Crippen molar-refractivity contribution in [2.45, 2.75) is 0 Å². The van der Waals surface area contributed by atoms with E-state index in [2.05, 4.69) is 12.1 Å². The molecule has 152 valence electrons. The molecule has 0 fully saturated rings. The summed E-state index contributed by atoms with van der Waals surface area (Å²) in [7, 11) is 6.52. The molecule has 0 aliphatic rings. The van der Waals surface area contributed by atoms with Crippen molar-refractivity contribution < 1.29 is 18.9 Å². The number of methoxy groups -OCH3 is 4. The monoisotopic (exact) mass is 401 g/mol. The quantitative estimate of drug-likeness (QED) is 0.421. The molecule has 0 spiro atoms. The molecule has 4 rings (SSSR count). The fraction of sp³-hybridized carbons (Fsp3) is 0.160. The molecule has 5 heteroatoms. The minimum atomic E-state index is 0.658. The molecule has 0 amide bonds. The van der Waals surface area contributed by atoms with Crippen LogP contribution in [0.2, 0.25) is 0 Å². The molecule has 4 aromatic rings. The first-order valence-corrected chi connectivity index (χ1v) is 9.53. The smallest absolute Gasteiger partial charge is 0.161 e. The predicted octanol–water partition coefficient (Wildman–Crippen LogP) is 5.60. The Kier molecular flexibility index (Phi) is 5.44. The molecule has 0 aliphatic heterocycles. The van der Waals surface area contributed by atoms with E-state index in [1.807, 2.05) is 54.6 Å². The van der Waals surface area contributed by atoms with Crippen molar-refractivity contribution in [3.05, 3.63) is 66.7 Å². The van der Waals surface area contributed by atoms with Crippen molar-refractivity contribution in [1.29, 1.82) is 0 Å². The summed E-state index contributed by atoms with van der Waals surface area (Å²) >= 11 is 0. The molecule has 0 unspecified atom stereocenters. The summed E-state index contributed by atoms with van der Waals surface area (Å²) in [5.74, 6) is 2.68. The van der Waals surface area contributed by atoms with Crippen LogP contribution < -0.4 is 18.9 Å². The molecule has 0 radical (unpaired) electrons. The van der Waals surface area contributed by atoms with E-state index in [9.17, 15) is 0 Å². The van der Waals surface area contributed by atoms with Gasteiger partial charge in [0.2, 0.25) is 0 Å². The summed E-state index contributed by atoms with van der Waals surface area (Å²) in [5.41, 5.74) is 3.66. The van der Waals surface area contributed by atoms with Crippen LogP contribution in [0.25, 0.3) is 33.3 Å². The van der Waals surface area contributed by atoms with Crippen LogP contribution in [0.3, 0.4) is 0 Å². The van der Waals surface area contributed by atoms with Gasteiger partial charge >= 0.3 is 0 Å². The van der Waals surface area contributed by atoms with E-state index >= 15 is 0 Å². The highest BCUT2D eigenvalue weighted by atomic mass is 16.5. The highest BCUT2D eigenvalue weighted by Crippen LogP contribution is 2.39. The average Bonchev–Trinajstić information content (AvgIpc) is 2.82. The van der Waals surface area contributed by atoms with Crippen molar-refractivity contribution >= 4 is 10.8 Å². The molecule has 30 heavy (non-hydrogen) atoms. The number of benzene rings is 3. The fourth-order valence-corrected chi connectivity index (χ4v) is 3.54. The molecular formula is C25H23NO4. The Bertz CT molecular complexity index is 1190. The molecule has 0 saturated heterocycles. The third kappa shape index (κ3) is 3.50. The first kappa shape index (κ1) is 19.6. The van der Waals surface area contributed by atoms with Gasteiger partial charge in [0.25, 0.3) is 0 Å². The molecule has 1 aromatic heterocycles. The van der Waals surface area contributed by atoms with E-state index in [-0.39, 0.29) is 0 Å². The first-order valence-electron chi connectivity index (χ1n) is 9.53. The van der Waals surface area contributed by atoms with Gasteiger partial charge in [-0.15, -0.1) is 0 Å². The van der Waals surface area contributed by atoms with Crippen LogP contribution in [0.4, 0.5) is 0 Å². The SMILES string of the molecule is COc1ccc(-c2cc3cc(OC)c(OC)cc3c(-c3ccccc3)n2)cc1OC. The van der Waals surface area contributed by atoms with Gasteiger partial charge in [-0.1, -0.05) is 30.3 Å². The van der Waals surface area contributed by atoms with E-state index in [0.717, 1.165) is 33.3 Å². The number of pyridine rings is 1. The lowest BCUT2D eigenvalue weighted by Crippen LogP contribution is -1.96. The van der Waals surface area contributed by atoms with Crippen molar-refractivity contribution in [3.63, 3.8) is 0 Å². The highest BCUT2D eigenvalue weighted by Gasteiger charge is 2.15. The van der Waals surface area contributed by atoms with E-state index in [1.54, 1.807) is 28.4 Å². The summed E-state index contributed by atoms with van der Waals surface area (Å²) in [6, 6.07) is 21.9. The molecule has 0 aliphatic carbocycles. The zero-order valence-electron chi connectivity index (χ0n) is 17.4. The van der Waals surface area contributed by atoms with Crippen LogP contribution in [0.1, 0.15) is 0 Å². The maximum absolute atomic E-state index is 5.52. The highest BCUT2D eigenvalue weighted by molar-refractivity contribution is 5.99. The number of hydrogen-bond donors (Lipinski definition) is 0. The number of fused-ring (bicyclic) bond motifs is 1. The second-order valence-corrected chi connectivity index (χ2v) is 6.72. The Balaban J connectivity index is 2.00. The Hall–Kier alpha value is -3.73. The summed E-state index contributed by atoms with van der Waals surface area (Å²) in [5, 5.41) is 1.99. The van der Waals surface area contributed by atoms with Gasteiger partial charge < -0.3 is 18.9 Å². The van der Waals surface area contributed by atoms with Crippen molar-refractivity contribution in [1.82, 2.24) is 4.98 Å². The maximum atomic E-state index is 5.52. The Labute approximate surface area is 175 Å². The van der Waals surface area contributed by atoms with Gasteiger partial charge in [0.05, 0.1) is 39.8 Å². The van der Waals surface area contributed by atoms with Gasteiger partial charge in [-0.25, -0.2) is 4.98 Å². The van der Waals surface area contributed by atoms with E-state index in [0.29, 0.717) is 23.0 Å². The Morgan fingerprint density at radius 3 is 1.87 bits per heavy atom. The van der Waals surface area contributed by atoms with E-state index < -0.39 is 0 Å². The molecule has 0 saturated carbocycles. The third-order valence-corrected chi connectivity index (χ3v) is 5.06. The second-order valence-electron chi connectivity index (χ2n) is 6.72. The first-order chi connectivity index (χ1) is 14.7. The van der Waals surface area contributed by atoms with E-state index in [1.165, 1.54) is 0 Å². The van der Waals surface area contributed by atoms with Crippen LogP contribution in [-0.2, 0) is 0 Å². The van der Waals surface area contributed by atoms with Crippen molar-refractivity contribution in [3.8, 4) is 45.5 Å². The molecule has 0 atom stereocenters. The number of nitrogens with zero attached hydrogens (tertiary/aromatic N) is 1. The van der Waals surface area contributed by atoms with E-state index in [4.69, 9.17) is 23.9 Å². The summed E-state index contributed by atoms with van der Waals surface area (Å²) < 4.78 is 21.9. The normalized spacial score (nSPS) is 10.7. The van der Waals surface area contributed by atoms with Crippen LogP contribution in [0.15, 0.2) is 66.7 Å². The number of rotatable bonds is 6. The maximum Gasteiger partial charge on any atom is 0.161 e. The van der Waals surface area contributed by atoms with Gasteiger partial charge in [0.1, 0.15) is 0 Å². The van der Waals surface area contributed by atoms with Gasteiger partial charge in [0, 0.05) is 16.5 Å². The fourth-order valence-electron chi connectivity index (χ4n) is 3.54. The summed E-state index contributed by atoms with van der Waals surface area (Å²) in [4.78, 5) is 5.01. The minimum Gasteiger partial charge on any atom is -0.493 e. The number of ether oxygens (including phenoxy) is 4. The molecule has 1 heterocycles. The van der Waals surface area contributed by atoms with Gasteiger partial charge in [-0.05, 0) is 41.8 Å². The van der Waals surface area contributed by atoms with Gasteiger partial charge in [-0.2, -0.15) is 0 Å². The topological polar surface area (TPSA) is 49.8 Å².